The molecule has 1 amide bonds. The van der Waals surface area contributed by atoms with Crippen LogP contribution in [-0.2, 0) is 4.79 Å². The molecule has 0 saturated carbocycles. The molecule has 0 radical (unpaired) electrons. The van der Waals surface area contributed by atoms with Gasteiger partial charge in [-0.15, -0.1) is 0 Å². The summed E-state index contributed by atoms with van der Waals surface area (Å²) >= 11 is 0. The molecule has 5 heteroatoms. The van der Waals surface area contributed by atoms with E-state index in [1.807, 2.05) is 24.3 Å². The maximum absolute atomic E-state index is 11.8. The lowest BCUT2D eigenvalue weighted by molar-refractivity contribution is -0.118. The summed E-state index contributed by atoms with van der Waals surface area (Å²) in [6.07, 6.45) is 3.79. The maximum atomic E-state index is 11.8. The first kappa shape index (κ1) is 15.6. The number of ether oxygens (including phenoxy) is 1. The van der Waals surface area contributed by atoms with Crippen LogP contribution in [0.2, 0.25) is 0 Å². The average Bonchev–Trinajstić information content (AvgIpc) is 2.57. The number of rotatable bonds is 3. The van der Waals surface area contributed by atoms with Gasteiger partial charge < -0.3 is 10.1 Å². The summed E-state index contributed by atoms with van der Waals surface area (Å²) in [6.45, 7) is 5.69. The monoisotopic (exact) mass is 311 g/mol. The fourth-order valence-corrected chi connectivity index (χ4v) is 3.50. The van der Waals surface area contributed by atoms with E-state index in [2.05, 4.69) is 22.9 Å². The van der Waals surface area contributed by atoms with Gasteiger partial charge in [-0.2, -0.15) is 5.26 Å². The summed E-state index contributed by atoms with van der Waals surface area (Å²) in [7, 11) is 0. The van der Waals surface area contributed by atoms with Crippen LogP contribution in [0.4, 0.5) is 0 Å². The van der Waals surface area contributed by atoms with Crippen molar-refractivity contribution in [2.24, 2.45) is 0 Å². The highest BCUT2D eigenvalue weighted by molar-refractivity contribution is 5.87. The molecule has 1 aromatic rings. The first-order valence-corrected chi connectivity index (χ1v) is 7.96. The van der Waals surface area contributed by atoms with E-state index >= 15 is 0 Å². The van der Waals surface area contributed by atoms with Gasteiger partial charge in [-0.1, -0.05) is 24.8 Å². The summed E-state index contributed by atoms with van der Waals surface area (Å²) in [4.78, 5) is 13.9. The van der Waals surface area contributed by atoms with E-state index in [9.17, 15) is 4.79 Å². The number of hydrogen-bond acceptors (Lipinski definition) is 4. The molecule has 0 aliphatic carbocycles. The number of likely N-dealkylation sites (tertiary alicyclic amines) is 1. The zero-order valence-electron chi connectivity index (χ0n) is 13.1. The second kappa shape index (κ2) is 6.43. The lowest BCUT2D eigenvalue weighted by Gasteiger charge is -2.46. The quantitative estimate of drug-likeness (QED) is 0.686. The van der Waals surface area contributed by atoms with Gasteiger partial charge in [-0.05, 0) is 25.0 Å². The van der Waals surface area contributed by atoms with Gasteiger partial charge in [0.2, 0.25) is 5.91 Å². The molecule has 1 aromatic carbocycles. The van der Waals surface area contributed by atoms with Crippen LogP contribution in [0.3, 0.4) is 0 Å². The van der Waals surface area contributed by atoms with Crippen molar-refractivity contribution in [3.8, 4) is 11.8 Å². The summed E-state index contributed by atoms with van der Waals surface area (Å²) in [6, 6.07) is 10.0. The third-order valence-electron chi connectivity index (χ3n) is 4.76. The number of fused-ring (bicyclic) bond motifs is 1. The summed E-state index contributed by atoms with van der Waals surface area (Å²) in [5.74, 6) is 0.686. The van der Waals surface area contributed by atoms with Gasteiger partial charge in [0.25, 0.3) is 0 Å². The molecule has 1 spiro atoms. The molecular weight excluding hydrogens is 290 g/mol. The fourth-order valence-electron chi connectivity index (χ4n) is 3.50. The van der Waals surface area contributed by atoms with Crippen LogP contribution in [0, 0.1) is 11.3 Å². The van der Waals surface area contributed by atoms with E-state index in [0.29, 0.717) is 6.54 Å². The second-order valence-corrected chi connectivity index (χ2v) is 6.23. The Morgan fingerprint density at radius 3 is 2.91 bits per heavy atom. The van der Waals surface area contributed by atoms with Crippen LogP contribution in [0.1, 0.15) is 30.9 Å². The minimum Gasteiger partial charge on any atom is -0.487 e. The molecule has 0 bridgehead atoms. The van der Waals surface area contributed by atoms with Crippen molar-refractivity contribution in [3.05, 3.63) is 42.5 Å². The van der Waals surface area contributed by atoms with Gasteiger partial charge in [0, 0.05) is 25.1 Å². The van der Waals surface area contributed by atoms with Crippen LogP contribution in [0.15, 0.2) is 36.9 Å². The first-order valence-electron chi connectivity index (χ1n) is 7.96. The molecule has 1 unspecified atom stereocenters. The number of benzene rings is 1. The minimum absolute atomic E-state index is 0.0621. The van der Waals surface area contributed by atoms with E-state index in [0.717, 1.165) is 43.7 Å². The van der Waals surface area contributed by atoms with Crippen molar-refractivity contribution >= 4 is 5.91 Å². The number of nitrogens with zero attached hydrogens (tertiary/aromatic N) is 2. The number of carbonyl (C=O) groups is 1. The van der Waals surface area contributed by atoms with E-state index in [4.69, 9.17) is 10.00 Å². The smallest absolute Gasteiger partial charge is 0.243 e. The van der Waals surface area contributed by atoms with Crippen molar-refractivity contribution in [2.75, 3.05) is 19.6 Å². The fraction of sp³-hybridized carbons (Fsp3) is 0.444. The SMILES string of the molecule is C=CC(=O)NC1CC2(CCN(CC#N)CC2)Oc2ccccc21. The van der Waals surface area contributed by atoms with E-state index in [-0.39, 0.29) is 17.6 Å². The highest BCUT2D eigenvalue weighted by atomic mass is 16.5. The Hall–Kier alpha value is -2.32. The Labute approximate surface area is 136 Å². The van der Waals surface area contributed by atoms with Crippen LogP contribution >= 0.6 is 0 Å². The molecule has 0 aromatic heterocycles. The topological polar surface area (TPSA) is 65.4 Å². The van der Waals surface area contributed by atoms with Crippen LogP contribution in [-0.4, -0.2) is 36.0 Å². The highest BCUT2D eigenvalue weighted by Gasteiger charge is 2.43. The molecule has 1 atom stereocenters. The molecule has 1 fully saturated rings. The van der Waals surface area contributed by atoms with Crippen molar-refractivity contribution in [3.63, 3.8) is 0 Å². The molecule has 120 valence electrons. The summed E-state index contributed by atoms with van der Waals surface area (Å²) in [5, 5.41) is 11.9. The molecule has 2 heterocycles. The number of amides is 1. The van der Waals surface area contributed by atoms with E-state index in [1.165, 1.54) is 6.08 Å². The Kier molecular flexibility index (Phi) is 4.35. The Bertz CT molecular complexity index is 642. The molecule has 1 saturated heterocycles. The Morgan fingerprint density at radius 1 is 1.48 bits per heavy atom. The zero-order chi connectivity index (χ0) is 16.3. The predicted molar refractivity (Wildman–Crippen MR) is 86.8 cm³/mol. The Morgan fingerprint density at radius 2 is 2.22 bits per heavy atom. The number of hydrogen-bond donors (Lipinski definition) is 1. The van der Waals surface area contributed by atoms with Gasteiger partial charge in [-0.25, -0.2) is 0 Å². The van der Waals surface area contributed by atoms with E-state index in [1.54, 1.807) is 0 Å². The molecule has 23 heavy (non-hydrogen) atoms. The number of carbonyl (C=O) groups excluding carboxylic acids is 1. The molecule has 2 aliphatic rings. The third-order valence-corrected chi connectivity index (χ3v) is 4.76. The zero-order valence-corrected chi connectivity index (χ0v) is 13.1. The molecule has 1 N–H and O–H groups in total. The van der Waals surface area contributed by atoms with Gasteiger partial charge in [0.05, 0.1) is 18.7 Å². The molecule has 3 rings (SSSR count). The third kappa shape index (κ3) is 3.22. The lowest BCUT2D eigenvalue weighted by Crippen LogP contribution is -2.52. The summed E-state index contributed by atoms with van der Waals surface area (Å²) < 4.78 is 6.35. The molecule has 5 nitrogen and oxygen atoms in total. The van der Waals surface area contributed by atoms with Crippen LogP contribution in [0.5, 0.6) is 5.75 Å². The van der Waals surface area contributed by atoms with Gasteiger partial charge in [0.15, 0.2) is 0 Å². The molecule has 2 aliphatic heterocycles. The van der Waals surface area contributed by atoms with Gasteiger partial charge in [0.1, 0.15) is 11.4 Å². The number of piperidine rings is 1. The van der Waals surface area contributed by atoms with Crippen molar-refractivity contribution in [1.29, 1.82) is 5.26 Å². The van der Waals surface area contributed by atoms with Crippen molar-refractivity contribution < 1.29 is 9.53 Å². The normalized spacial score (nSPS) is 22.5. The van der Waals surface area contributed by atoms with Gasteiger partial charge >= 0.3 is 0 Å². The largest absolute Gasteiger partial charge is 0.487 e. The van der Waals surface area contributed by atoms with Gasteiger partial charge in [-0.3, -0.25) is 9.69 Å². The maximum Gasteiger partial charge on any atom is 0.243 e. The van der Waals surface area contributed by atoms with Crippen LogP contribution < -0.4 is 10.1 Å². The molecular formula is C18H21N3O2. The Balaban J connectivity index is 1.81. The number of nitrogens with one attached hydrogen (secondary N) is 1. The van der Waals surface area contributed by atoms with Crippen LogP contribution in [0.25, 0.3) is 0 Å². The van der Waals surface area contributed by atoms with E-state index < -0.39 is 0 Å². The lowest BCUT2D eigenvalue weighted by atomic mass is 9.80. The summed E-state index contributed by atoms with van der Waals surface area (Å²) in [5.41, 5.74) is 0.757. The predicted octanol–water partition coefficient (Wildman–Crippen LogP) is 2.17. The number of para-hydroxylation sites is 1. The first-order chi connectivity index (χ1) is 11.2. The highest BCUT2D eigenvalue weighted by Crippen LogP contribution is 2.44. The van der Waals surface area contributed by atoms with Crippen molar-refractivity contribution in [1.82, 2.24) is 10.2 Å². The second-order valence-electron chi connectivity index (χ2n) is 6.23. The average molecular weight is 311 g/mol. The standard InChI is InChI=1S/C18H21N3O2/c1-2-17(22)20-15-13-18(7-10-21(11-8-18)12-9-19)23-16-6-4-3-5-14(15)16/h2-6,15H,1,7-8,10-13H2,(H,20,22). The minimum atomic E-state index is -0.264. The van der Waals surface area contributed by atoms with Crippen molar-refractivity contribution in [2.45, 2.75) is 30.9 Å². The number of nitriles is 1.